The Labute approximate surface area is 168 Å². The fourth-order valence-corrected chi connectivity index (χ4v) is 4.42. The Hall–Kier alpha value is -2.75. The minimum Gasteiger partial charge on any atom is -0.296 e. The molecule has 6 nitrogen and oxygen atoms in total. The topological polar surface area (TPSA) is 72.7 Å². The number of hydrogen-bond acceptors (Lipinski definition) is 5. The summed E-state index contributed by atoms with van der Waals surface area (Å²) >= 11 is 1.22. The molecule has 0 saturated heterocycles. The Morgan fingerprint density at radius 1 is 1.10 bits per heavy atom. The maximum atomic E-state index is 13.7. The van der Waals surface area contributed by atoms with Crippen LogP contribution in [0.3, 0.4) is 0 Å². The van der Waals surface area contributed by atoms with E-state index in [4.69, 9.17) is 0 Å². The Morgan fingerprint density at radius 3 is 2.52 bits per heavy atom. The lowest BCUT2D eigenvalue weighted by Crippen LogP contribution is -2.20. The van der Waals surface area contributed by atoms with E-state index in [1.165, 1.54) is 29.9 Å². The van der Waals surface area contributed by atoms with Crippen molar-refractivity contribution in [3.05, 3.63) is 52.8 Å². The molecule has 0 bridgehead atoms. The number of para-hydroxylation sites is 1. The number of carbonyl (C=O) groups excluding carboxylic acids is 1. The average molecular weight is 421 g/mol. The normalized spacial score (nSPS) is 15.4. The number of carbonyl (C=O) groups is 1. The lowest BCUT2D eigenvalue weighted by Gasteiger charge is -2.18. The van der Waals surface area contributed by atoms with Crippen LogP contribution in [0.2, 0.25) is 0 Å². The van der Waals surface area contributed by atoms with Crippen LogP contribution in [0.1, 0.15) is 59.1 Å². The third-order valence-corrected chi connectivity index (χ3v) is 5.90. The maximum Gasteiger partial charge on any atom is 0.434 e. The highest BCUT2D eigenvalue weighted by atomic mass is 32.1. The molecule has 0 spiro atoms. The molecule has 0 unspecified atom stereocenters. The lowest BCUT2D eigenvalue weighted by atomic mass is 9.90. The van der Waals surface area contributed by atoms with Gasteiger partial charge >= 0.3 is 6.18 Å². The van der Waals surface area contributed by atoms with Crippen molar-refractivity contribution in [2.75, 3.05) is 5.32 Å². The van der Waals surface area contributed by atoms with E-state index in [0.717, 1.165) is 41.6 Å². The summed E-state index contributed by atoms with van der Waals surface area (Å²) in [7, 11) is 0. The van der Waals surface area contributed by atoms with Gasteiger partial charge in [-0.15, -0.1) is 10.2 Å². The van der Waals surface area contributed by atoms with E-state index >= 15 is 0 Å². The number of nitrogens with one attached hydrogen (secondary N) is 1. The molecule has 3 aromatic rings. The van der Waals surface area contributed by atoms with Gasteiger partial charge in [0.05, 0.1) is 17.4 Å². The monoisotopic (exact) mass is 421 g/mol. The van der Waals surface area contributed by atoms with Gasteiger partial charge in [-0.1, -0.05) is 48.8 Å². The first-order valence-corrected chi connectivity index (χ1v) is 10.1. The minimum absolute atomic E-state index is 0.191. The number of hydrogen-bond donors (Lipinski definition) is 1. The van der Waals surface area contributed by atoms with Crippen LogP contribution in [0, 0.1) is 0 Å². The zero-order valence-corrected chi connectivity index (χ0v) is 16.1. The van der Waals surface area contributed by atoms with E-state index in [9.17, 15) is 18.0 Å². The van der Waals surface area contributed by atoms with Crippen molar-refractivity contribution in [3.63, 3.8) is 0 Å². The number of rotatable bonds is 4. The highest BCUT2D eigenvalue weighted by molar-refractivity contribution is 7.15. The van der Waals surface area contributed by atoms with Crippen molar-refractivity contribution < 1.29 is 18.0 Å². The maximum absolute atomic E-state index is 13.7. The lowest BCUT2D eigenvalue weighted by molar-refractivity contribution is -0.143. The first-order chi connectivity index (χ1) is 13.9. The van der Waals surface area contributed by atoms with Crippen molar-refractivity contribution in [3.8, 4) is 5.69 Å². The summed E-state index contributed by atoms with van der Waals surface area (Å²) in [5.74, 6) is -0.607. The Kier molecular flexibility index (Phi) is 5.35. The average Bonchev–Trinajstić information content (AvgIpc) is 3.36. The Morgan fingerprint density at radius 2 is 1.83 bits per heavy atom. The summed E-state index contributed by atoms with van der Waals surface area (Å²) in [5.41, 5.74) is -1.47. The predicted molar refractivity (Wildman–Crippen MR) is 102 cm³/mol. The minimum atomic E-state index is -4.76. The van der Waals surface area contributed by atoms with Crippen LogP contribution in [-0.4, -0.2) is 25.9 Å². The van der Waals surface area contributed by atoms with Crippen LogP contribution in [0.15, 0.2) is 36.5 Å². The van der Waals surface area contributed by atoms with Gasteiger partial charge in [-0.3, -0.25) is 10.1 Å². The van der Waals surface area contributed by atoms with Crippen LogP contribution >= 0.6 is 11.3 Å². The van der Waals surface area contributed by atoms with Crippen LogP contribution in [0.5, 0.6) is 0 Å². The smallest absolute Gasteiger partial charge is 0.296 e. The van der Waals surface area contributed by atoms with Gasteiger partial charge in [-0.25, -0.2) is 4.68 Å². The van der Waals surface area contributed by atoms with Gasteiger partial charge in [-0.05, 0) is 25.0 Å². The summed E-state index contributed by atoms with van der Waals surface area (Å²) in [4.78, 5) is 12.6. The highest BCUT2D eigenvalue weighted by Gasteiger charge is 2.40. The molecular formula is C19H18F3N5OS. The number of halogens is 3. The van der Waals surface area contributed by atoms with E-state index in [0.29, 0.717) is 5.92 Å². The van der Waals surface area contributed by atoms with E-state index in [1.54, 1.807) is 18.2 Å². The quantitative estimate of drug-likeness (QED) is 0.640. The van der Waals surface area contributed by atoms with Crippen molar-refractivity contribution in [2.45, 2.75) is 44.2 Å². The van der Waals surface area contributed by atoms with Crippen LogP contribution in [0.25, 0.3) is 5.69 Å². The van der Waals surface area contributed by atoms with Crippen LogP contribution < -0.4 is 5.32 Å². The first kappa shape index (κ1) is 19.6. The number of nitrogens with zero attached hydrogens (tertiary/aromatic N) is 4. The fourth-order valence-electron chi connectivity index (χ4n) is 3.52. The second kappa shape index (κ2) is 7.94. The fraction of sp³-hybridized carbons (Fsp3) is 0.368. The van der Waals surface area contributed by atoms with Gasteiger partial charge in [-0.2, -0.15) is 18.3 Å². The molecule has 2 heterocycles. The highest BCUT2D eigenvalue weighted by Crippen LogP contribution is 2.36. The van der Waals surface area contributed by atoms with Crippen LogP contribution in [-0.2, 0) is 6.18 Å². The molecule has 1 amide bonds. The van der Waals surface area contributed by atoms with Gasteiger partial charge in [0.2, 0.25) is 5.13 Å². The molecule has 1 aromatic carbocycles. The van der Waals surface area contributed by atoms with Crippen molar-refractivity contribution in [1.82, 2.24) is 20.0 Å². The number of anilines is 1. The van der Waals surface area contributed by atoms with E-state index in [1.807, 2.05) is 0 Å². The predicted octanol–water partition coefficient (Wildman–Crippen LogP) is 5.04. The van der Waals surface area contributed by atoms with E-state index in [2.05, 4.69) is 20.6 Å². The van der Waals surface area contributed by atoms with Gasteiger partial charge in [0, 0.05) is 5.92 Å². The Balaban J connectivity index is 1.59. The summed E-state index contributed by atoms with van der Waals surface area (Å²) in [5, 5.41) is 15.3. The number of benzene rings is 1. The standard InChI is InChI=1S/C19H18F3N5OS/c20-19(21,22)15-14(11-23-27(15)13-9-5-2-6-10-13)16(28)24-18-26-25-17(29-18)12-7-3-1-4-8-12/h2,5-6,9-12H,1,3-4,7-8H2,(H,24,26,28). The second-order valence-corrected chi connectivity index (χ2v) is 7.90. The summed E-state index contributed by atoms with van der Waals surface area (Å²) < 4.78 is 41.8. The van der Waals surface area contributed by atoms with Gasteiger partial charge in [0.15, 0.2) is 5.69 Å². The number of amides is 1. The molecule has 0 radical (unpaired) electrons. The molecule has 1 N–H and O–H groups in total. The summed E-state index contributed by atoms with van der Waals surface area (Å²) in [6, 6.07) is 7.87. The van der Waals surface area contributed by atoms with E-state index in [-0.39, 0.29) is 10.8 Å². The molecule has 0 aliphatic heterocycles. The third-order valence-electron chi connectivity index (χ3n) is 4.90. The molecule has 1 saturated carbocycles. The number of alkyl halides is 3. The third kappa shape index (κ3) is 4.16. The molecule has 29 heavy (non-hydrogen) atoms. The SMILES string of the molecule is O=C(Nc1nnc(C2CCCCC2)s1)c1cnn(-c2ccccc2)c1C(F)(F)F. The molecule has 4 rings (SSSR count). The Bertz CT molecular complexity index is 993. The van der Waals surface area contributed by atoms with Gasteiger partial charge in [0.25, 0.3) is 5.91 Å². The van der Waals surface area contributed by atoms with Crippen LogP contribution in [0.4, 0.5) is 18.3 Å². The molecule has 2 aromatic heterocycles. The van der Waals surface area contributed by atoms with Gasteiger partial charge < -0.3 is 0 Å². The molecule has 1 aliphatic rings. The summed E-state index contributed by atoms with van der Waals surface area (Å²) in [6.07, 6.45) is 1.65. The zero-order valence-electron chi connectivity index (χ0n) is 15.3. The van der Waals surface area contributed by atoms with Crippen molar-refractivity contribution in [2.24, 2.45) is 0 Å². The molecule has 152 valence electrons. The zero-order chi connectivity index (χ0) is 20.4. The molecule has 0 atom stereocenters. The summed E-state index contributed by atoms with van der Waals surface area (Å²) in [6.45, 7) is 0. The molecule has 10 heteroatoms. The van der Waals surface area contributed by atoms with E-state index < -0.39 is 23.3 Å². The number of aromatic nitrogens is 4. The first-order valence-electron chi connectivity index (χ1n) is 9.29. The molecule has 1 aliphatic carbocycles. The van der Waals surface area contributed by atoms with Crippen molar-refractivity contribution >= 4 is 22.4 Å². The molecular weight excluding hydrogens is 403 g/mol. The largest absolute Gasteiger partial charge is 0.434 e. The second-order valence-electron chi connectivity index (χ2n) is 6.89. The van der Waals surface area contributed by atoms with Gasteiger partial charge in [0.1, 0.15) is 5.01 Å². The van der Waals surface area contributed by atoms with Crippen molar-refractivity contribution in [1.29, 1.82) is 0 Å². The molecule has 1 fully saturated rings.